The van der Waals surface area contributed by atoms with Gasteiger partial charge in [-0.25, -0.2) is 4.98 Å². The minimum absolute atomic E-state index is 0.00561. The molecule has 1 heterocycles. The van der Waals surface area contributed by atoms with Crippen molar-refractivity contribution in [2.75, 3.05) is 13.7 Å². The van der Waals surface area contributed by atoms with Crippen molar-refractivity contribution in [3.05, 3.63) is 87.7 Å². The van der Waals surface area contributed by atoms with E-state index >= 15 is 0 Å². The summed E-state index contributed by atoms with van der Waals surface area (Å²) < 4.78 is 13.0. The molecule has 4 rings (SSSR count). The summed E-state index contributed by atoms with van der Waals surface area (Å²) in [5.41, 5.74) is 2.64. The summed E-state index contributed by atoms with van der Waals surface area (Å²) >= 11 is 6.23. The number of hydrogen-bond donors (Lipinski definition) is 0. The van der Waals surface area contributed by atoms with Crippen LogP contribution < -0.4 is 15.0 Å². The van der Waals surface area contributed by atoms with Gasteiger partial charge >= 0.3 is 0 Å². The van der Waals surface area contributed by atoms with E-state index in [1.165, 1.54) is 0 Å². The maximum absolute atomic E-state index is 13.3. The van der Waals surface area contributed by atoms with Gasteiger partial charge in [0.25, 0.3) is 5.56 Å². The first-order valence-electron chi connectivity index (χ1n) is 11.6. The Balaban J connectivity index is 1.41. The first kappa shape index (κ1) is 23.8. The predicted octanol–water partition coefficient (Wildman–Crippen LogP) is 6.67. The van der Waals surface area contributed by atoms with Crippen LogP contribution in [0.5, 0.6) is 11.5 Å². The third-order valence-corrected chi connectivity index (χ3v) is 6.19. The smallest absolute Gasteiger partial charge is 0.261 e. The molecule has 5 nitrogen and oxygen atoms in total. The summed E-state index contributed by atoms with van der Waals surface area (Å²) in [6.45, 7) is 3.23. The third kappa shape index (κ3) is 5.42. The van der Waals surface area contributed by atoms with Crippen LogP contribution in [0.1, 0.15) is 31.2 Å². The lowest BCUT2D eigenvalue weighted by Crippen LogP contribution is -2.23. The first-order valence-corrected chi connectivity index (χ1v) is 12.0. The monoisotopic (exact) mass is 476 g/mol. The molecule has 4 aromatic rings. The summed E-state index contributed by atoms with van der Waals surface area (Å²) in [6.07, 6.45) is 3.82. The molecule has 0 spiro atoms. The molecule has 0 radical (unpaired) electrons. The van der Waals surface area contributed by atoms with Gasteiger partial charge in [-0.15, -0.1) is 0 Å². The van der Waals surface area contributed by atoms with Crippen LogP contribution in [0.25, 0.3) is 22.3 Å². The second-order valence-electron chi connectivity index (χ2n) is 8.29. The number of halogens is 1. The Hall–Kier alpha value is -3.31. The number of methoxy groups -OCH3 is 1. The molecule has 0 bridgehead atoms. The molecule has 0 aliphatic carbocycles. The van der Waals surface area contributed by atoms with E-state index in [-0.39, 0.29) is 5.56 Å². The molecule has 0 aliphatic heterocycles. The minimum Gasteiger partial charge on any atom is -0.497 e. The van der Waals surface area contributed by atoms with E-state index in [2.05, 4.69) is 0 Å². The van der Waals surface area contributed by atoms with Crippen LogP contribution >= 0.6 is 11.6 Å². The zero-order valence-corrected chi connectivity index (χ0v) is 20.3. The van der Waals surface area contributed by atoms with E-state index in [0.717, 1.165) is 48.3 Å². The van der Waals surface area contributed by atoms with Crippen LogP contribution in [0.2, 0.25) is 5.02 Å². The summed E-state index contributed by atoms with van der Waals surface area (Å²) in [7, 11) is 1.64. The number of fused-ring (bicyclic) bond motifs is 1. The average molecular weight is 477 g/mol. The maximum Gasteiger partial charge on any atom is 0.261 e. The number of ether oxygens (including phenoxy) is 2. The number of hydrogen-bond acceptors (Lipinski definition) is 4. The number of aromatic nitrogens is 2. The van der Waals surface area contributed by atoms with Gasteiger partial charge in [0.1, 0.15) is 17.3 Å². The Morgan fingerprint density at radius 2 is 1.68 bits per heavy atom. The topological polar surface area (TPSA) is 53.3 Å². The number of para-hydroxylation sites is 2. The van der Waals surface area contributed by atoms with E-state index in [0.29, 0.717) is 34.9 Å². The molecule has 0 saturated heterocycles. The molecular formula is C28H29ClN2O3. The van der Waals surface area contributed by atoms with Crippen molar-refractivity contribution in [3.63, 3.8) is 0 Å². The zero-order chi connectivity index (χ0) is 23.9. The van der Waals surface area contributed by atoms with Crippen LogP contribution in [0, 0.1) is 6.92 Å². The van der Waals surface area contributed by atoms with Crippen molar-refractivity contribution in [1.29, 1.82) is 0 Å². The summed E-state index contributed by atoms with van der Waals surface area (Å²) in [4.78, 5) is 18.1. The number of aryl methyl sites for hydroxylation is 1. The van der Waals surface area contributed by atoms with Crippen molar-refractivity contribution in [2.45, 2.75) is 39.2 Å². The fraction of sp³-hybridized carbons (Fsp3) is 0.286. The molecule has 0 amide bonds. The van der Waals surface area contributed by atoms with Crippen LogP contribution in [0.4, 0.5) is 0 Å². The van der Waals surface area contributed by atoms with Gasteiger partial charge < -0.3 is 9.47 Å². The average Bonchev–Trinajstić information content (AvgIpc) is 2.86. The summed E-state index contributed by atoms with van der Waals surface area (Å²) in [6, 6.07) is 20.9. The van der Waals surface area contributed by atoms with E-state index < -0.39 is 0 Å². The summed E-state index contributed by atoms with van der Waals surface area (Å²) in [5, 5.41) is 1.29. The lowest BCUT2D eigenvalue weighted by Gasteiger charge is -2.14. The Kier molecular flexibility index (Phi) is 7.86. The molecule has 0 saturated carbocycles. The highest BCUT2D eigenvalue weighted by Crippen LogP contribution is 2.28. The third-order valence-electron chi connectivity index (χ3n) is 5.90. The van der Waals surface area contributed by atoms with Gasteiger partial charge in [-0.1, -0.05) is 48.7 Å². The van der Waals surface area contributed by atoms with Gasteiger partial charge in [-0.05, 0) is 67.8 Å². The quantitative estimate of drug-likeness (QED) is 0.240. The van der Waals surface area contributed by atoms with Gasteiger partial charge in [0.2, 0.25) is 0 Å². The number of benzene rings is 3. The highest BCUT2D eigenvalue weighted by atomic mass is 35.5. The van der Waals surface area contributed by atoms with Gasteiger partial charge in [0, 0.05) is 12.1 Å². The molecule has 0 aliphatic rings. The first-order chi connectivity index (χ1) is 16.6. The second-order valence-corrected chi connectivity index (χ2v) is 8.69. The molecule has 176 valence electrons. The molecule has 0 atom stereocenters. The molecular weight excluding hydrogens is 448 g/mol. The van der Waals surface area contributed by atoms with Crippen LogP contribution in [0.15, 0.2) is 71.5 Å². The fourth-order valence-electron chi connectivity index (χ4n) is 4.04. The van der Waals surface area contributed by atoms with E-state index in [9.17, 15) is 4.79 Å². The van der Waals surface area contributed by atoms with Crippen molar-refractivity contribution in [3.8, 4) is 22.9 Å². The van der Waals surface area contributed by atoms with Crippen LogP contribution in [0.3, 0.4) is 0 Å². The van der Waals surface area contributed by atoms with Gasteiger partial charge in [-0.3, -0.25) is 9.36 Å². The molecule has 3 aromatic carbocycles. The van der Waals surface area contributed by atoms with Crippen molar-refractivity contribution < 1.29 is 9.47 Å². The lowest BCUT2D eigenvalue weighted by molar-refractivity contribution is 0.302. The van der Waals surface area contributed by atoms with Crippen molar-refractivity contribution >= 4 is 22.5 Å². The molecule has 0 fully saturated rings. The Bertz CT molecular complexity index is 1300. The van der Waals surface area contributed by atoms with Crippen molar-refractivity contribution in [1.82, 2.24) is 9.55 Å². The molecule has 34 heavy (non-hydrogen) atoms. The Morgan fingerprint density at radius 3 is 2.44 bits per heavy atom. The molecule has 6 heteroatoms. The van der Waals surface area contributed by atoms with E-state index in [1.54, 1.807) is 11.7 Å². The van der Waals surface area contributed by atoms with E-state index in [1.807, 2.05) is 73.7 Å². The molecule has 1 aromatic heterocycles. The maximum atomic E-state index is 13.3. The van der Waals surface area contributed by atoms with E-state index in [4.69, 9.17) is 26.1 Å². The standard InChI is InChI=1S/C28H29ClN2O3/c1-20-10-9-12-24(29)26(20)34-19-8-4-3-7-18-31-27(21-14-16-22(33-2)17-15-21)30-25-13-6-5-11-23(25)28(31)32/h5-6,9-17H,3-4,7-8,18-19H2,1-2H3. The largest absolute Gasteiger partial charge is 0.497 e. The highest BCUT2D eigenvalue weighted by molar-refractivity contribution is 6.32. The van der Waals surface area contributed by atoms with Gasteiger partial charge in [0.05, 0.1) is 29.6 Å². The summed E-state index contributed by atoms with van der Waals surface area (Å²) in [5.74, 6) is 2.22. The van der Waals surface area contributed by atoms with Gasteiger partial charge in [-0.2, -0.15) is 0 Å². The molecule has 0 N–H and O–H groups in total. The zero-order valence-electron chi connectivity index (χ0n) is 19.6. The lowest BCUT2D eigenvalue weighted by atomic mass is 10.1. The number of nitrogens with zero attached hydrogens (tertiary/aromatic N) is 2. The number of rotatable bonds is 10. The van der Waals surface area contributed by atoms with Crippen LogP contribution in [-0.2, 0) is 6.54 Å². The second kappa shape index (κ2) is 11.2. The Labute approximate surface area is 204 Å². The molecule has 0 unspecified atom stereocenters. The SMILES string of the molecule is COc1ccc(-c2nc3ccccc3c(=O)n2CCCCCCOc2c(C)cccc2Cl)cc1. The Morgan fingerprint density at radius 1 is 0.912 bits per heavy atom. The predicted molar refractivity (Wildman–Crippen MR) is 138 cm³/mol. The van der Waals surface area contributed by atoms with Crippen LogP contribution in [-0.4, -0.2) is 23.3 Å². The minimum atomic E-state index is -0.00561. The number of unbranched alkanes of at least 4 members (excludes halogenated alkanes) is 3. The highest BCUT2D eigenvalue weighted by Gasteiger charge is 2.13. The van der Waals surface area contributed by atoms with Gasteiger partial charge in [0.15, 0.2) is 0 Å². The van der Waals surface area contributed by atoms with Crippen molar-refractivity contribution in [2.24, 2.45) is 0 Å². The fourth-order valence-corrected chi connectivity index (χ4v) is 4.31. The normalized spacial score (nSPS) is 11.0.